The molecule has 1 aliphatic heterocycles. The second-order valence-electron chi connectivity index (χ2n) is 8.64. The van der Waals surface area contributed by atoms with Crippen molar-refractivity contribution in [1.29, 1.82) is 0 Å². The summed E-state index contributed by atoms with van der Waals surface area (Å²) >= 11 is 0. The summed E-state index contributed by atoms with van der Waals surface area (Å²) in [5, 5.41) is 0. The minimum Gasteiger partial charge on any atom is -0.329 e. The van der Waals surface area contributed by atoms with Crippen LogP contribution in [-0.2, 0) is 0 Å². The molecule has 4 N–H and O–H groups in total. The number of nitrogens with two attached hydrogens (primary N) is 2. The highest BCUT2D eigenvalue weighted by Crippen LogP contribution is 2.19. The Morgan fingerprint density at radius 1 is 0.862 bits per heavy atom. The summed E-state index contributed by atoms with van der Waals surface area (Å²) in [6, 6.07) is 6.06. The van der Waals surface area contributed by atoms with Crippen molar-refractivity contribution in [2.75, 3.05) is 65.4 Å². The van der Waals surface area contributed by atoms with Crippen molar-refractivity contribution in [1.82, 2.24) is 14.8 Å². The summed E-state index contributed by atoms with van der Waals surface area (Å²) < 4.78 is 0. The quantitative estimate of drug-likeness (QED) is 0.792. The molecule has 0 fully saturated rings. The zero-order valence-electron chi connectivity index (χ0n) is 18.7. The normalized spacial score (nSPS) is 20.2. The maximum Gasteiger partial charge on any atom is 0.0845 e. The Hall–Kier alpha value is -1.67. The molecule has 0 unspecified atom stereocenters. The van der Waals surface area contributed by atoms with E-state index in [1.807, 2.05) is 32.0 Å². The van der Waals surface area contributed by atoms with Gasteiger partial charge in [0.25, 0.3) is 0 Å². The van der Waals surface area contributed by atoms with Gasteiger partial charge >= 0.3 is 0 Å². The molecule has 162 valence electrons. The minimum atomic E-state index is 0.130. The number of rotatable bonds is 4. The third-order valence-electron chi connectivity index (χ3n) is 5.21. The van der Waals surface area contributed by atoms with Crippen LogP contribution in [0.2, 0.25) is 0 Å². The first-order chi connectivity index (χ1) is 13.8. The van der Waals surface area contributed by atoms with Gasteiger partial charge in [0.05, 0.1) is 35.9 Å². The lowest BCUT2D eigenvalue weighted by Gasteiger charge is -2.36. The van der Waals surface area contributed by atoms with Crippen LogP contribution in [0.1, 0.15) is 39.1 Å². The Labute approximate surface area is 176 Å². The van der Waals surface area contributed by atoms with Crippen LogP contribution in [0.4, 0.5) is 0 Å². The summed E-state index contributed by atoms with van der Waals surface area (Å²) in [6.45, 7) is 17.0. The molecule has 7 heteroatoms. The average Bonchev–Trinajstić information content (AvgIpc) is 2.67. The summed E-state index contributed by atoms with van der Waals surface area (Å²) in [5.41, 5.74) is 15.6. The minimum absolute atomic E-state index is 0.130. The fourth-order valence-corrected chi connectivity index (χ4v) is 3.88. The molecule has 29 heavy (non-hydrogen) atoms. The number of fused-ring (bicyclic) bond motifs is 2. The first kappa shape index (κ1) is 23.6. The van der Waals surface area contributed by atoms with E-state index < -0.39 is 0 Å². The molecule has 1 aromatic rings. The van der Waals surface area contributed by atoms with Crippen LogP contribution in [0.25, 0.3) is 0 Å². The Bertz CT molecular complexity index is 643. The molecule has 0 aliphatic carbocycles. The van der Waals surface area contributed by atoms with E-state index in [1.54, 1.807) is 0 Å². The monoisotopic (exact) mass is 401 g/mol. The second kappa shape index (κ2) is 11.5. The van der Waals surface area contributed by atoms with Crippen molar-refractivity contribution in [2.45, 2.75) is 27.7 Å². The van der Waals surface area contributed by atoms with Gasteiger partial charge in [0.1, 0.15) is 0 Å². The Morgan fingerprint density at radius 2 is 1.31 bits per heavy atom. The topological polar surface area (TPSA) is 96.1 Å². The fraction of sp³-hybridized carbons (Fsp3) is 0.682. The summed E-state index contributed by atoms with van der Waals surface area (Å²) in [7, 11) is 0. The van der Waals surface area contributed by atoms with Gasteiger partial charge < -0.3 is 11.5 Å². The van der Waals surface area contributed by atoms with Gasteiger partial charge in [-0.25, -0.2) is 4.98 Å². The molecular weight excluding hydrogens is 362 g/mol. The maximum absolute atomic E-state index is 5.88. The van der Waals surface area contributed by atoms with Crippen LogP contribution in [0, 0.1) is 5.41 Å². The van der Waals surface area contributed by atoms with Crippen molar-refractivity contribution in [2.24, 2.45) is 26.9 Å². The maximum atomic E-state index is 5.88. The number of pyridine rings is 1. The molecule has 0 saturated heterocycles. The largest absolute Gasteiger partial charge is 0.329 e. The lowest BCUT2D eigenvalue weighted by molar-refractivity contribution is 0.126. The zero-order valence-corrected chi connectivity index (χ0v) is 18.7. The van der Waals surface area contributed by atoms with Gasteiger partial charge in [0.15, 0.2) is 0 Å². The van der Waals surface area contributed by atoms with Gasteiger partial charge in [-0.2, -0.15) is 0 Å². The van der Waals surface area contributed by atoms with Crippen molar-refractivity contribution in [3.63, 3.8) is 0 Å². The highest BCUT2D eigenvalue weighted by atomic mass is 15.2. The van der Waals surface area contributed by atoms with E-state index in [1.165, 1.54) is 0 Å². The van der Waals surface area contributed by atoms with E-state index in [2.05, 4.69) is 23.6 Å². The molecule has 0 spiro atoms. The van der Waals surface area contributed by atoms with E-state index >= 15 is 0 Å². The van der Waals surface area contributed by atoms with E-state index in [0.29, 0.717) is 13.1 Å². The summed E-state index contributed by atoms with van der Waals surface area (Å²) in [5.74, 6) is 0. The lowest BCUT2D eigenvalue weighted by Crippen LogP contribution is -2.46. The SMILES string of the molecule is CC1=NCCN(CCN)CC(C)(C)CN(CCN)CCN=C(C)c2cccc1n2. The van der Waals surface area contributed by atoms with Crippen LogP contribution in [-0.4, -0.2) is 91.7 Å². The number of nitrogens with zero attached hydrogens (tertiary/aromatic N) is 5. The van der Waals surface area contributed by atoms with Gasteiger partial charge in [-0.3, -0.25) is 19.8 Å². The van der Waals surface area contributed by atoms with E-state index in [-0.39, 0.29) is 5.41 Å². The summed E-state index contributed by atoms with van der Waals surface area (Å²) in [6.07, 6.45) is 0. The first-order valence-corrected chi connectivity index (χ1v) is 10.7. The predicted octanol–water partition coefficient (Wildman–Crippen LogP) is 1.26. The van der Waals surface area contributed by atoms with Gasteiger partial charge in [-0.1, -0.05) is 19.9 Å². The van der Waals surface area contributed by atoms with Crippen molar-refractivity contribution in [3.8, 4) is 0 Å². The summed E-state index contributed by atoms with van der Waals surface area (Å²) in [4.78, 5) is 19.2. The van der Waals surface area contributed by atoms with Crippen LogP contribution >= 0.6 is 0 Å². The van der Waals surface area contributed by atoms with E-state index in [0.717, 1.165) is 75.2 Å². The molecular formula is C22H39N7. The molecule has 2 rings (SSSR count). The Morgan fingerprint density at radius 3 is 1.72 bits per heavy atom. The van der Waals surface area contributed by atoms with E-state index in [9.17, 15) is 0 Å². The van der Waals surface area contributed by atoms with Gasteiger partial charge in [0, 0.05) is 52.4 Å². The highest BCUT2D eigenvalue weighted by molar-refractivity contribution is 6.00. The molecule has 0 radical (unpaired) electrons. The average molecular weight is 402 g/mol. The fourth-order valence-electron chi connectivity index (χ4n) is 3.88. The standard InChI is InChI=1S/C22H39N7/c1-18-20-6-5-7-21(27-20)19(2)26-11-15-29(13-9-24)17-22(3,4)16-28(12-8-23)14-10-25-18/h5-7H,8-17,23-24H2,1-4H3. The molecule has 7 nitrogen and oxygen atoms in total. The molecule has 0 amide bonds. The van der Waals surface area contributed by atoms with Crippen molar-refractivity contribution in [3.05, 3.63) is 29.6 Å². The lowest BCUT2D eigenvalue weighted by atomic mass is 9.91. The van der Waals surface area contributed by atoms with Crippen molar-refractivity contribution >= 4 is 11.4 Å². The molecule has 0 aromatic carbocycles. The number of hydrogen-bond acceptors (Lipinski definition) is 7. The second-order valence-corrected chi connectivity index (χ2v) is 8.64. The molecule has 0 saturated carbocycles. The van der Waals surface area contributed by atoms with Crippen LogP contribution < -0.4 is 11.5 Å². The predicted molar refractivity (Wildman–Crippen MR) is 123 cm³/mol. The van der Waals surface area contributed by atoms with Crippen LogP contribution in [0.5, 0.6) is 0 Å². The number of hydrogen-bond donors (Lipinski definition) is 2. The molecule has 2 heterocycles. The number of aliphatic imine (C=N–C) groups is 2. The third-order valence-corrected chi connectivity index (χ3v) is 5.21. The first-order valence-electron chi connectivity index (χ1n) is 10.7. The Balaban J connectivity index is 2.30. The smallest absolute Gasteiger partial charge is 0.0845 e. The molecule has 0 atom stereocenters. The van der Waals surface area contributed by atoms with Gasteiger partial charge in [-0.15, -0.1) is 0 Å². The third kappa shape index (κ3) is 7.93. The van der Waals surface area contributed by atoms with Gasteiger partial charge in [-0.05, 0) is 31.4 Å². The van der Waals surface area contributed by atoms with E-state index in [4.69, 9.17) is 26.4 Å². The molecule has 1 aliphatic rings. The van der Waals surface area contributed by atoms with Crippen molar-refractivity contribution < 1.29 is 0 Å². The van der Waals surface area contributed by atoms with Crippen LogP contribution in [0.15, 0.2) is 28.2 Å². The molecule has 2 bridgehead atoms. The zero-order chi connectivity index (χ0) is 21.3. The molecule has 1 aromatic heterocycles. The Kier molecular flexibility index (Phi) is 9.36. The van der Waals surface area contributed by atoms with Crippen LogP contribution in [0.3, 0.4) is 0 Å². The van der Waals surface area contributed by atoms with Gasteiger partial charge in [0.2, 0.25) is 0 Å². The highest BCUT2D eigenvalue weighted by Gasteiger charge is 2.24. The number of aromatic nitrogens is 1.